The van der Waals surface area contributed by atoms with Crippen molar-refractivity contribution in [2.45, 2.75) is 30.4 Å². The van der Waals surface area contributed by atoms with Gasteiger partial charge in [0, 0.05) is 19.1 Å². The quantitative estimate of drug-likeness (QED) is 0.855. The average molecular weight is 284 g/mol. The Morgan fingerprint density at radius 3 is 2.47 bits per heavy atom. The molecule has 0 bridgehead atoms. The molecule has 2 atom stereocenters. The lowest BCUT2D eigenvalue weighted by molar-refractivity contribution is 0.189. The summed E-state index contributed by atoms with van der Waals surface area (Å²) < 4.78 is 26.0. The Labute approximate surface area is 114 Å². The van der Waals surface area contributed by atoms with E-state index < -0.39 is 16.1 Å². The predicted molar refractivity (Wildman–Crippen MR) is 73.3 cm³/mol. The largest absolute Gasteiger partial charge is 0.392 e. The smallest absolute Gasteiger partial charge is 0.243 e. The normalized spacial score (nSPS) is 22.6. The van der Waals surface area contributed by atoms with E-state index in [1.807, 2.05) is 26.1 Å². The summed E-state index contributed by atoms with van der Waals surface area (Å²) in [5, 5.41) is 12.6. The van der Waals surface area contributed by atoms with Crippen molar-refractivity contribution in [3.05, 3.63) is 29.8 Å². The minimum Gasteiger partial charge on any atom is -0.392 e. The standard InChI is InChI=1S/C13H20N2O3S/c1-10(14-2)11-3-5-13(6-4-11)19(17,18)15-8-7-12(16)9-15/h3-6,10,12,14,16H,7-9H2,1-2H3. The molecule has 5 nitrogen and oxygen atoms in total. The lowest BCUT2D eigenvalue weighted by atomic mass is 10.1. The second-order valence-electron chi connectivity index (χ2n) is 4.88. The van der Waals surface area contributed by atoms with Crippen LogP contribution in [0.4, 0.5) is 0 Å². The van der Waals surface area contributed by atoms with Crippen molar-refractivity contribution in [3.8, 4) is 0 Å². The molecule has 1 heterocycles. The van der Waals surface area contributed by atoms with Crippen molar-refractivity contribution in [2.24, 2.45) is 0 Å². The third-order valence-electron chi connectivity index (χ3n) is 3.58. The van der Waals surface area contributed by atoms with Crippen LogP contribution < -0.4 is 5.32 Å². The molecule has 1 aromatic carbocycles. The van der Waals surface area contributed by atoms with Crippen molar-refractivity contribution in [2.75, 3.05) is 20.1 Å². The van der Waals surface area contributed by atoms with Crippen molar-refractivity contribution < 1.29 is 13.5 Å². The Hall–Kier alpha value is -0.950. The van der Waals surface area contributed by atoms with Gasteiger partial charge in [0.05, 0.1) is 11.0 Å². The number of hydrogen-bond donors (Lipinski definition) is 2. The van der Waals surface area contributed by atoms with Crippen molar-refractivity contribution in [3.63, 3.8) is 0 Å². The molecule has 1 aromatic rings. The maximum absolute atomic E-state index is 12.3. The predicted octanol–water partition coefficient (Wildman–Crippen LogP) is 0.722. The van der Waals surface area contributed by atoms with Gasteiger partial charge in [-0.1, -0.05) is 12.1 Å². The van der Waals surface area contributed by atoms with E-state index in [2.05, 4.69) is 5.32 Å². The molecule has 1 saturated heterocycles. The number of sulfonamides is 1. The third-order valence-corrected chi connectivity index (χ3v) is 5.46. The van der Waals surface area contributed by atoms with Crippen LogP contribution in [-0.4, -0.2) is 44.1 Å². The van der Waals surface area contributed by atoms with Gasteiger partial charge in [0.1, 0.15) is 0 Å². The molecule has 2 unspecified atom stereocenters. The van der Waals surface area contributed by atoms with Crippen molar-refractivity contribution in [1.82, 2.24) is 9.62 Å². The molecule has 19 heavy (non-hydrogen) atoms. The molecule has 1 aliphatic heterocycles. The molecule has 1 fully saturated rings. The van der Waals surface area contributed by atoms with Crippen LogP contribution >= 0.6 is 0 Å². The van der Waals surface area contributed by atoms with E-state index in [1.54, 1.807) is 12.1 Å². The highest BCUT2D eigenvalue weighted by atomic mass is 32.2. The van der Waals surface area contributed by atoms with E-state index in [4.69, 9.17) is 0 Å². The fourth-order valence-electron chi connectivity index (χ4n) is 2.17. The highest BCUT2D eigenvalue weighted by molar-refractivity contribution is 7.89. The third kappa shape index (κ3) is 2.97. The summed E-state index contributed by atoms with van der Waals surface area (Å²) in [6.07, 6.45) is -0.0351. The molecule has 0 aromatic heterocycles. The summed E-state index contributed by atoms with van der Waals surface area (Å²) in [6, 6.07) is 7.08. The van der Waals surface area contributed by atoms with Gasteiger partial charge in [0.25, 0.3) is 0 Å². The minimum atomic E-state index is -3.47. The molecule has 0 saturated carbocycles. The maximum atomic E-state index is 12.3. The zero-order valence-electron chi connectivity index (χ0n) is 11.2. The number of rotatable bonds is 4. The lowest BCUT2D eigenvalue weighted by Crippen LogP contribution is -2.29. The first-order valence-corrected chi connectivity index (χ1v) is 7.84. The average Bonchev–Trinajstić information content (AvgIpc) is 2.85. The van der Waals surface area contributed by atoms with Crippen LogP contribution in [0.25, 0.3) is 0 Å². The van der Waals surface area contributed by atoms with E-state index in [0.717, 1.165) is 5.56 Å². The molecular weight excluding hydrogens is 264 g/mol. The van der Waals surface area contributed by atoms with E-state index in [9.17, 15) is 13.5 Å². The number of β-amino-alcohol motifs (C(OH)–C–C–N with tert-alkyl or cyclic N) is 1. The molecule has 1 aliphatic rings. The first kappa shape index (κ1) is 14.5. The summed E-state index contributed by atoms with van der Waals surface area (Å²) in [5.74, 6) is 0. The zero-order valence-corrected chi connectivity index (χ0v) is 12.0. The lowest BCUT2D eigenvalue weighted by Gasteiger charge is -2.17. The molecule has 0 amide bonds. The molecule has 2 N–H and O–H groups in total. The second-order valence-corrected chi connectivity index (χ2v) is 6.82. The molecule has 0 radical (unpaired) electrons. The fourth-order valence-corrected chi connectivity index (χ4v) is 3.67. The number of nitrogens with zero attached hydrogens (tertiary/aromatic N) is 1. The van der Waals surface area contributed by atoms with Gasteiger partial charge in [0.15, 0.2) is 0 Å². The van der Waals surface area contributed by atoms with E-state index in [-0.39, 0.29) is 17.5 Å². The first-order valence-electron chi connectivity index (χ1n) is 6.40. The summed E-state index contributed by atoms with van der Waals surface area (Å²) in [4.78, 5) is 0.286. The number of nitrogens with one attached hydrogen (secondary N) is 1. The van der Waals surface area contributed by atoms with Gasteiger partial charge in [-0.3, -0.25) is 0 Å². The summed E-state index contributed by atoms with van der Waals surface area (Å²) in [7, 11) is -1.61. The second kappa shape index (κ2) is 5.58. The van der Waals surface area contributed by atoms with E-state index in [0.29, 0.717) is 13.0 Å². The van der Waals surface area contributed by atoms with Gasteiger partial charge in [-0.25, -0.2) is 8.42 Å². The summed E-state index contributed by atoms with van der Waals surface area (Å²) in [6.45, 7) is 2.59. The highest BCUT2D eigenvalue weighted by Crippen LogP contribution is 2.22. The van der Waals surface area contributed by atoms with Crippen molar-refractivity contribution >= 4 is 10.0 Å². The van der Waals surface area contributed by atoms with E-state index >= 15 is 0 Å². The van der Waals surface area contributed by atoms with Crippen LogP contribution in [0.1, 0.15) is 24.9 Å². The Bertz CT molecular complexity index is 527. The van der Waals surface area contributed by atoms with Gasteiger partial charge < -0.3 is 10.4 Å². The summed E-state index contributed by atoms with van der Waals surface area (Å²) >= 11 is 0. The van der Waals surface area contributed by atoms with Crippen LogP contribution in [-0.2, 0) is 10.0 Å². The molecule has 0 spiro atoms. The van der Waals surface area contributed by atoms with Crippen LogP contribution in [0.15, 0.2) is 29.2 Å². The molecule has 0 aliphatic carbocycles. The van der Waals surface area contributed by atoms with Crippen molar-refractivity contribution in [1.29, 1.82) is 0 Å². The van der Waals surface area contributed by atoms with Crippen LogP contribution in [0.3, 0.4) is 0 Å². The Morgan fingerprint density at radius 2 is 2.00 bits per heavy atom. The van der Waals surface area contributed by atoms with Gasteiger partial charge in [-0.2, -0.15) is 4.31 Å². The SMILES string of the molecule is CNC(C)c1ccc(S(=O)(=O)N2CCC(O)C2)cc1. The Kier molecular flexibility index (Phi) is 4.25. The van der Waals surface area contributed by atoms with Gasteiger partial charge in [-0.15, -0.1) is 0 Å². The van der Waals surface area contributed by atoms with Crippen LogP contribution in [0.5, 0.6) is 0 Å². The highest BCUT2D eigenvalue weighted by Gasteiger charge is 2.31. The number of aliphatic hydroxyl groups excluding tert-OH is 1. The number of aliphatic hydroxyl groups is 1. The van der Waals surface area contributed by atoms with Crippen LogP contribution in [0, 0.1) is 0 Å². The van der Waals surface area contributed by atoms with Gasteiger partial charge in [0.2, 0.25) is 10.0 Å². The van der Waals surface area contributed by atoms with Gasteiger partial charge in [-0.05, 0) is 38.1 Å². The maximum Gasteiger partial charge on any atom is 0.243 e. The monoisotopic (exact) mass is 284 g/mol. The number of benzene rings is 1. The molecule has 6 heteroatoms. The van der Waals surface area contributed by atoms with Gasteiger partial charge >= 0.3 is 0 Å². The number of hydrogen-bond acceptors (Lipinski definition) is 4. The minimum absolute atomic E-state index is 0.186. The van der Waals surface area contributed by atoms with Crippen LogP contribution in [0.2, 0.25) is 0 Å². The van der Waals surface area contributed by atoms with E-state index in [1.165, 1.54) is 4.31 Å². The zero-order chi connectivity index (χ0) is 14.0. The molecule has 106 valence electrons. The Balaban J connectivity index is 2.22. The molecule has 2 rings (SSSR count). The Morgan fingerprint density at radius 1 is 1.37 bits per heavy atom. The topological polar surface area (TPSA) is 69.6 Å². The molecular formula is C13H20N2O3S. The fraction of sp³-hybridized carbons (Fsp3) is 0.538. The summed E-state index contributed by atoms with van der Waals surface area (Å²) in [5.41, 5.74) is 1.04. The first-order chi connectivity index (χ1) is 8.95.